The summed E-state index contributed by atoms with van der Waals surface area (Å²) < 4.78 is 0. The van der Waals surface area contributed by atoms with Crippen LogP contribution in [0.15, 0.2) is 35.0 Å². The van der Waals surface area contributed by atoms with Crippen molar-refractivity contribution in [2.24, 2.45) is 23.3 Å². The van der Waals surface area contributed by atoms with Crippen molar-refractivity contribution in [1.29, 1.82) is 0 Å². The first-order chi connectivity index (χ1) is 30.6. The molecular formula is C46H65N9O8S2. The molecule has 3 aliphatic heterocycles. The van der Waals surface area contributed by atoms with Gasteiger partial charge in [-0.2, -0.15) is 0 Å². The summed E-state index contributed by atoms with van der Waals surface area (Å²) in [6, 6.07) is 5.61. The minimum absolute atomic E-state index is 0.113. The summed E-state index contributed by atoms with van der Waals surface area (Å²) in [7, 11) is 2.74. The maximum absolute atomic E-state index is 14.4. The fourth-order valence-electron chi connectivity index (χ4n) is 10.1. The smallest absolute Gasteiger partial charge is 0.407 e. The number of amides is 6. The van der Waals surface area contributed by atoms with Gasteiger partial charge in [0.25, 0.3) is 11.8 Å². The number of likely N-dealkylation sites (N-methyl/N-ethyl adjacent to an activating group) is 2. The highest BCUT2D eigenvalue weighted by molar-refractivity contribution is 7.10. The molecule has 0 radical (unpaired) electrons. The lowest BCUT2D eigenvalue weighted by molar-refractivity contribution is -0.149. The third-order valence-corrected chi connectivity index (χ3v) is 16.3. The average Bonchev–Trinajstić information content (AvgIpc) is 4.11. The number of primary amides is 2. The molecule has 3 aromatic rings. The summed E-state index contributed by atoms with van der Waals surface area (Å²) in [5, 5.41) is 24.4. The van der Waals surface area contributed by atoms with Gasteiger partial charge in [0, 0.05) is 43.6 Å². The molecule has 3 aliphatic rings. The zero-order valence-electron chi connectivity index (χ0n) is 38.9. The predicted molar refractivity (Wildman–Crippen MR) is 248 cm³/mol. The maximum Gasteiger partial charge on any atom is 0.407 e. The Morgan fingerprint density at radius 1 is 0.738 bits per heavy atom. The molecule has 19 heteroatoms. The van der Waals surface area contributed by atoms with E-state index in [4.69, 9.17) is 21.4 Å². The van der Waals surface area contributed by atoms with Gasteiger partial charge >= 0.3 is 12.2 Å². The number of carboxylic acid groups (broad SMARTS) is 2. The van der Waals surface area contributed by atoms with Crippen LogP contribution in [-0.4, -0.2) is 115 Å². The number of hydrogen-bond donors (Lipinski definition) is 4. The number of nitrogens with zero attached hydrogens (tertiary/aromatic N) is 7. The molecule has 2 aromatic heterocycles. The second kappa shape index (κ2) is 18.9. The summed E-state index contributed by atoms with van der Waals surface area (Å²) in [6.07, 6.45) is 1.24. The van der Waals surface area contributed by atoms with Crippen molar-refractivity contribution in [2.45, 2.75) is 140 Å². The van der Waals surface area contributed by atoms with E-state index in [1.54, 1.807) is 0 Å². The van der Waals surface area contributed by atoms with E-state index in [1.807, 2.05) is 38.5 Å². The van der Waals surface area contributed by atoms with Crippen LogP contribution in [0.5, 0.6) is 0 Å². The van der Waals surface area contributed by atoms with Crippen molar-refractivity contribution in [3.05, 3.63) is 62.0 Å². The molecule has 5 heterocycles. The first-order valence-corrected chi connectivity index (χ1v) is 24.3. The molecule has 354 valence electrons. The predicted octanol–water partition coefficient (Wildman–Crippen LogP) is 6.63. The van der Waals surface area contributed by atoms with Gasteiger partial charge in [0.2, 0.25) is 11.8 Å². The largest absolute Gasteiger partial charge is 0.465 e. The van der Waals surface area contributed by atoms with Gasteiger partial charge in [0.1, 0.15) is 22.1 Å². The van der Waals surface area contributed by atoms with Crippen molar-refractivity contribution >= 4 is 64.2 Å². The van der Waals surface area contributed by atoms with Gasteiger partial charge < -0.3 is 36.4 Å². The Bertz CT molecular complexity index is 2150. The number of nitrogens with two attached hydrogens (primary N) is 2. The number of hydrogen-bond acceptors (Lipinski definition) is 11. The Morgan fingerprint density at radius 3 is 1.45 bits per heavy atom. The van der Waals surface area contributed by atoms with Crippen LogP contribution in [0.2, 0.25) is 0 Å². The van der Waals surface area contributed by atoms with Crippen molar-refractivity contribution < 1.29 is 39.0 Å². The Balaban J connectivity index is 1.41. The highest BCUT2D eigenvalue weighted by Gasteiger charge is 2.56. The standard InChI is InChI=1S/C46H65N9O8S2/c1-10-26(3)34(51(8)42(60)61)36(56)53-22-12-20-45(53,38(47)58)40-49-30(24-64-40)32-18-19-33(55(32)29-16-14-28(15-17-29)44(5,6)7)31-25-65-41(50-31)46(39(48)59)21-13-23-54(46)37(57)35(27(4)11-2)52(9)43(62)63/h14-17,24-27,32-35H,10-13,18-23H2,1-9H3,(H2,47,58)(H2,48,59)(H,60,61)(H,62,63)/t26-,27-,32+,33+,34-,35-,45-,46-/m0/s1. The lowest BCUT2D eigenvalue weighted by atomic mass is 9.87. The topological polar surface area (TPSA) is 237 Å². The second-order valence-electron chi connectivity index (χ2n) is 19.1. The lowest BCUT2D eigenvalue weighted by Gasteiger charge is -2.39. The number of aromatic nitrogens is 2. The number of anilines is 1. The number of benzene rings is 1. The van der Waals surface area contributed by atoms with Crippen molar-refractivity contribution in [1.82, 2.24) is 29.6 Å². The third-order valence-electron chi connectivity index (χ3n) is 14.3. The van der Waals surface area contributed by atoms with E-state index in [-0.39, 0.29) is 55.3 Å². The van der Waals surface area contributed by atoms with Crippen LogP contribution < -0.4 is 16.4 Å². The molecule has 65 heavy (non-hydrogen) atoms. The maximum atomic E-state index is 14.4. The minimum Gasteiger partial charge on any atom is -0.465 e. The first-order valence-electron chi connectivity index (χ1n) is 22.5. The molecule has 6 N–H and O–H groups in total. The van der Waals surface area contributed by atoms with Crippen LogP contribution in [0.4, 0.5) is 15.3 Å². The Kier molecular flexibility index (Phi) is 14.3. The van der Waals surface area contributed by atoms with E-state index < -0.39 is 59.0 Å². The Labute approximate surface area is 389 Å². The molecular weight excluding hydrogens is 871 g/mol. The van der Waals surface area contributed by atoms with Gasteiger partial charge in [0.05, 0.1) is 23.5 Å². The highest BCUT2D eigenvalue weighted by Crippen LogP contribution is 2.50. The zero-order valence-corrected chi connectivity index (χ0v) is 40.6. The molecule has 3 fully saturated rings. The summed E-state index contributed by atoms with van der Waals surface area (Å²) in [4.78, 5) is 98.1. The van der Waals surface area contributed by atoms with Crippen LogP contribution in [0.3, 0.4) is 0 Å². The molecule has 1 aromatic carbocycles. The van der Waals surface area contributed by atoms with Gasteiger partial charge in [-0.1, -0.05) is 73.4 Å². The Morgan fingerprint density at radius 2 is 1.12 bits per heavy atom. The quantitative estimate of drug-likeness (QED) is 0.126. The molecule has 3 saturated heterocycles. The second-order valence-corrected chi connectivity index (χ2v) is 20.8. The monoisotopic (exact) mass is 935 g/mol. The van der Waals surface area contributed by atoms with E-state index in [9.17, 15) is 39.0 Å². The van der Waals surface area contributed by atoms with Crippen molar-refractivity contribution in [2.75, 3.05) is 32.1 Å². The Hall–Kier alpha value is -5.30. The highest BCUT2D eigenvalue weighted by atomic mass is 32.1. The molecule has 0 saturated carbocycles. The molecule has 0 spiro atoms. The summed E-state index contributed by atoms with van der Waals surface area (Å²) in [6.45, 7) is 14.3. The fourth-order valence-corrected chi connectivity index (χ4v) is 12.3. The number of thiazole rings is 2. The number of carbonyl (C=O) groups is 6. The van der Waals surface area contributed by atoms with E-state index in [1.165, 1.54) is 46.6 Å². The van der Waals surface area contributed by atoms with Crippen LogP contribution >= 0.6 is 22.7 Å². The molecule has 8 atom stereocenters. The average molecular weight is 936 g/mol. The zero-order chi connectivity index (χ0) is 47.9. The van der Waals surface area contributed by atoms with E-state index in [0.29, 0.717) is 59.9 Å². The minimum atomic E-state index is -1.58. The number of rotatable bonds is 15. The van der Waals surface area contributed by atoms with Crippen LogP contribution in [0.1, 0.15) is 139 Å². The third kappa shape index (κ3) is 8.65. The van der Waals surface area contributed by atoms with Gasteiger partial charge in [-0.15, -0.1) is 22.7 Å². The summed E-state index contributed by atoms with van der Waals surface area (Å²) >= 11 is 2.51. The molecule has 6 amide bonds. The molecule has 17 nitrogen and oxygen atoms in total. The molecule has 6 rings (SSSR count). The van der Waals surface area contributed by atoms with E-state index in [2.05, 4.69) is 49.9 Å². The number of carbonyl (C=O) groups excluding carboxylic acids is 4. The van der Waals surface area contributed by atoms with Crippen LogP contribution in [-0.2, 0) is 35.7 Å². The normalized spacial score (nSPS) is 24.1. The first kappa shape index (κ1) is 49.1. The molecule has 0 bridgehead atoms. The van der Waals surface area contributed by atoms with Crippen molar-refractivity contribution in [3.63, 3.8) is 0 Å². The lowest BCUT2D eigenvalue weighted by Crippen LogP contribution is -2.59. The van der Waals surface area contributed by atoms with Crippen LogP contribution in [0, 0.1) is 11.8 Å². The van der Waals surface area contributed by atoms with Gasteiger partial charge in [-0.25, -0.2) is 19.6 Å². The molecule has 0 aliphatic carbocycles. The van der Waals surface area contributed by atoms with E-state index >= 15 is 0 Å². The van der Waals surface area contributed by atoms with Crippen molar-refractivity contribution in [3.8, 4) is 0 Å². The molecule has 0 unspecified atom stereocenters. The fraction of sp³-hybridized carbons (Fsp3) is 0.609. The number of likely N-dealkylation sites (tertiary alicyclic amines) is 2. The van der Waals surface area contributed by atoms with E-state index in [0.717, 1.165) is 21.1 Å². The summed E-state index contributed by atoms with van der Waals surface area (Å²) in [5.41, 5.74) is 12.6. The SMILES string of the molecule is CC[C@H](C)[C@@H](C(=O)N1CCC[C@]1(C(N)=O)c1nc([C@H]2CC[C@H](c3csc([C@@]4(C(N)=O)CCCN4C(=O)[C@H]([C@@H](C)CC)N(C)C(=O)O)n3)N2c2ccc(C(C)(C)C)cc2)cs1)N(C)C(=O)O. The van der Waals surface area contributed by atoms with Gasteiger partial charge in [-0.05, 0) is 73.5 Å². The van der Waals surface area contributed by atoms with Crippen LogP contribution in [0.25, 0.3) is 0 Å². The van der Waals surface area contributed by atoms with Gasteiger partial charge in [-0.3, -0.25) is 29.0 Å². The van der Waals surface area contributed by atoms with Gasteiger partial charge in [0.15, 0.2) is 11.1 Å². The summed E-state index contributed by atoms with van der Waals surface area (Å²) in [5.74, 6) is -3.11.